The normalized spacial score (nSPS) is 20.3. The fourth-order valence-electron chi connectivity index (χ4n) is 3.62. The SMILES string of the molecule is CC(C)(C)OC(=O)N1CCC[C@]1(Cc1ccc2ccccc2c1)C(=O)[O-]. The Hall–Kier alpha value is -2.56. The zero-order valence-corrected chi connectivity index (χ0v) is 15.5. The summed E-state index contributed by atoms with van der Waals surface area (Å²) in [5.41, 5.74) is -1.19. The third-order valence-electron chi connectivity index (χ3n) is 4.79. The fourth-order valence-corrected chi connectivity index (χ4v) is 3.62. The third kappa shape index (κ3) is 3.52. The van der Waals surface area contributed by atoms with E-state index >= 15 is 0 Å². The van der Waals surface area contributed by atoms with E-state index in [9.17, 15) is 14.7 Å². The van der Waals surface area contributed by atoms with Gasteiger partial charge in [-0.2, -0.15) is 0 Å². The van der Waals surface area contributed by atoms with E-state index in [1.165, 1.54) is 4.90 Å². The van der Waals surface area contributed by atoms with Gasteiger partial charge in [0.2, 0.25) is 0 Å². The van der Waals surface area contributed by atoms with E-state index in [2.05, 4.69) is 0 Å². The predicted molar refractivity (Wildman–Crippen MR) is 97.6 cm³/mol. The molecule has 2 aromatic carbocycles. The van der Waals surface area contributed by atoms with Crippen molar-refractivity contribution < 1.29 is 19.4 Å². The predicted octanol–water partition coefficient (Wildman–Crippen LogP) is 2.90. The first-order valence-corrected chi connectivity index (χ1v) is 8.91. The van der Waals surface area contributed by atoms with Crippen molar-refractivity contribution in [3.05, 3.63) is 48.0 Å². The van der Waals surface area contributed by atoms with Crippen LogP contribution in [0.15, 0.2) is 42.5 Å². The van der Waals surface area contributed by atoms with E-state index in [0.717, 1.165) is 16.3 Å². The minimum absolute atomic E-state index is 0.208. The van der Waals surface area contributed by atoms with Gasteiger partial charge >= 0.3 is 6.09 Å². The molecule has 1 atom stereocenters. The van der Waals surface area contributed by atoms with Crippen LogP contribution in [0.4, 0.5) is 4.79 Å². The molecule has 0 spiro atoms. The number of benzene rings is 2. The van der Waals surface area contributed by atoms with Crippen LogP contribution in [-0.2, 0) is 16.0 Å². The molecule has 0 bridgehead atoms. The quantitative estimate of drug-likeness (QED) is 0.850. The number of carboxylic acids is 1. The lowest BCUT2D eigenvalue weighted by Gasteiger charge is -2.40. The van der Waals surface area contributed by atoms with Crippen LogP contribution in [-0.4, -0.2) is 34.6 Å². The van der Waals surface area contributed by atoms with Crippen molar-refractivity contribution in [3.8, 4) is 0 Å². The van der Waals surface area contributed by atoms with Crippen molar-refractivity contribution in [1.29, 1.82) is 0 Å². The number of ether oxygens (including phenoxy) is 1. The minimum atomic E-state index is -1.37. The molecule has 138 valence electrons. The van der Waals surface area contributed by atoms with Gasteiger partial charge in [0, 0.05) is 13.0 Å². The van der Waals surface area contributed by atoms with E-state index in [0.29, 0.717) is 19.4 Å². The second kappa shape index (κ2) is 6.63. The summed E-state index contributed by atoms with van der Waals surface area (Å²) >= 11 is 0. The second-order valence-corrected chi connectivity index (χ2v) is 7.91. The maximum Gasteiger partial charge on any atom is 0.411 e. The first-order valence-electron chi connectivity index (χ1n) is 8.91. The Labute approximate surface area is 153 Å². The van der Waals surface area contributed by atoms with E-state index in [1.807, 2.05) is 42.5 Å². The Bertz CT molecular complexity index is 839. The minimum Gasteiger partial charge on any atom is -0.548 e. The van der Waals surface area contributed by atoms with Crippen LogP contribution >= 0.6 is 0 Å². The standard InChI is InChI=1S/C21H25NO4/c1-20(2,3)26-19(25)22-12-6-11-21(22,18(23)24)14-15-9-10-16-7-4-5-8-17(16)13-15/h4-5,7-10,13H,6,11-12,14H2,1-3H3,(H,23,24)/p-1/t21-/m0/s1. The van der Waals surface area contributed by atoms with Gasteiger partial charge in [0.15, 0.2) is 0 Å². The van der Waals surface area contributed by atoms with Gasteiger partial charge in [-0.05, 0) is 49.9 Å². The lowest BCUT2D eigenvalue weighted by Crippen LogP contribution is -2.60. The average molecular weight is 354 g/mol. The fraction of sp³-hybridized carbons (Fsp3) is 0.429. The molecule has 1 aliphatic rings. The van der Waals surface area contributed by atoms with Crippen LogP contribution in [0.2, 0.25) is 0 Å². The Morgan fingerprint density at radius 1 is 1.15 bits per heavy atom. The molecule has 1 saturated heterocycles. The number of hydrogen-bond acceptors (Lipinski definition) is 4. The molecule has 5 heteroatoms. The van der Waals surface area contributed by atoms with Crippen molar-refractivity contribution in [1.82, 2.24) is 4.90 Å². The molecule has 0 radical (unpaired) electrons. The molecule has 3 rings (SSSR count). The molecule has 1 amide bonds. The van der Waals surface area contributed by atoms with Crippen molar-refractivity contribution in [3.63, 3.8) is 0 Å². The molecule has 26 heavy (non-hydrogen) atoms. The smallest absolute Gasteiger partial charge is 0.411 e. The topological polar surface area (TPSA) is 69.7 Å². The maximum absolute atomic E-state index is 12.6. The largest absolute Gasteiger partial charge is 0.548 e. The number of rotatable bonds is 3. The van der Waals surface area contributed by atoms with E-state index in [1.54, 1.807) is 20.8 Å². The van der Waals surface area contributed by atoms with Gasteiger partial charge in [-0.15, -0.1) is 0 Å². The molecule has 0 aliphatic carbocycles. The summed E-state index contributed by atoms with van der Waals surface area (Å²) in [6, 6.07) is 13.8. The third-order valence-corrected chi connectivity index (χ3v) is 4.79. The molecule has 1 fully saturated rings. The van der Waals surface area contributed by atoms with Crippen molar-refractivity contribution >= 4 is 22.8 Å². The summed E-state index contributed by atoms with van der Waals surface area (Å²) < 4.78 is 5.43. The Balaban J connectivity index is 1.93. The Morgan fingerprint density at radius 2 is 1.85 bits per heavy atom. The highest BCUT2D eigenvalue weighted by molar-refractivity contribution is 5.86. The average Bonchev–Trinajstić information content (AvgIpc) is 2.98. The zero-order valence-electron chi connectivity index (χ0n) is 15.5. The van der Waals surface area contributed by atoms with Crippen molar-refractivity contribution in [2.45, 2.75) is 51.2 Å². The van der Waals surface area contributed by atoms with Gasteiger partial charge in [0.1, 0.15) is 5.60 Å². The van der Waals surface area contributed by atoms with Crippen LogP contribution < -0.4 is 5.11 Å². The highest BCUT2D eigenvalue weighted by atomic mass is 16.6. The number of carbonyl (C=O) groups excluding carboxylic acids is 2. The maximum atomic E-state index is 12.6. The van der Waals surface area contributed by atoms with Gasteiger partial charge < -0.3 is 14.6 Å². The first kappa shape index (κ1) is 18.2. The lowest BCUT2D eigenvalue weighted by atomic mass is 9.87. The lowest BCUT2D eigenvalue weighted by molar-refractivity contribution is -0.317. The Kier molecular flexibility index (Phi) is 4.65. The highest BCUT2D eigenvalue weighted by Crippen LogP contribution is 2.34. The summed E-state index contributed by atoms with van der Waals surface area (Å²) in [6.45, 7) is 5.66. The number of hydrogen-bond donors (Lipinski definition) is 0. The Morgan fingerprint density at radius 3 is 2.50 bits per heavy atom. The van der Waals surface area contributed by atoms with Crippen LogP contribution in [0.5, 0.6) is 0 Å². The molecule has 0 unspecified atom stereocenters. The zero-order chi connectivity index (χ0) is 18.9. The first-order chi connectivity index (χ1) is 12.2. The van der Waals surface area contributed by atoms with E-state index in [-0.39, 0.29) is 6.42 Å². The highest BCUT2D eigenvalue weighted by Gasteiger charge is 2.46. The number of likely N-dealkylation sites (tertiary alicyclic amines) is 1. The van der Waals surface area contributed by atoms with Gasteiger partial charge in [0.05, 0.1) is 11.5 Å². The van der Waals surface area contributed by atoms with Crippen LogP contribution in [0.1, 0.15) is 39.2 Å². The molecular weight excluding hydrogens is 330 g/mol. The summed E-state index contributed by atoms with van der Waals surface area (Å²) in [5.74, 6) is -1.23. The number of amides is 1. The van der Waals surface area contributed by atoms with Crippen molar-refractivity contribution in [2.24, 2.45) is 0 Å². The number of fused-ring (bicyclic) bond motifs is 1. The van der Waals surface area contributed by atoms with Crippen LogP contribution in [0.3, 0.4) is 0 Å². The monoisotopic (exact) mass is 354 g/mol. The van der Waals surface area contributed by atoms with Gasteiger partial charge in [-0.25, -0.2) is 4.79 Å². The summed E-state index contributed by atoms with van der Waals surface area (Å²) in [7, 11) is 0. The van der Waals surface area contributed by atoms with Crippen molar-refractivity contribution in [2.75, 3.05) is 6.54 Å². The molecule has 1 heterocycles. The van der Waals surface area contributed by atoms with Gasteiger partial charge in [-0.1, -0.05) is 42.5 Å². The summed E-state index contributed by atoms with van der Waals surface area (Å²) in [6.07, 6.45) is 0.585. The number of nitrogens with zero attached hydrogens (tertiary/aromatic N) is 1. The van der Waals surface area contributed by atoms with E-state index < -0.39 is 23.2 Å². The summed E-state index contributed by atoms with van der Waals surface area (Å²) in [5, 5.41) is 14.2. The van der Waals surface area contributed by atoms with E-state index in [4.69, 9.17) is 4.74 Å². The van der Waals surface area contributed by atoms with Crippen LogP contribution in [0.25, 0.3) is 10.8 Å². The molecule has 5 nitrogen and oxygen atoms in total. The number of carboxylic acid groups (broad SMARTS) is 1. The molecule has 2 aromatic rings. The second-order valence-electron chi connectivity index (χ2n) is 7.91. The molecule has 0 N–H and O–H groups in total. The molecule has 0 aromatic heterocycles. The molecule has 1 aliphatic heterocycles. The van der Waals surface area contributed by atoms with Gasteiger partial charge in [-0.3, -0.25) is 4.90 Å². The van der Waals surface area contributed by atoms with Gasteiger partial charge in [0.25, 0.3) is 0 Å². The molecule has 0 saturated carbocycles. The number of carbonyl (C=O) groups is 2. The number of aliphatic carboxylic acids is 1. The molecular formula is C21H24NO4-. The van der Waals surface area contributed by atoms with Crippen LogP contribution in [0, 0.1) is 0 Å². The summed E-state index contributed by atoms with van der Waals surface area (Å²) in [4.78, 5) is 26.0.